The van der Waals surface area contributed by atoms with Crippen LogP contribution >= 0.6 is 11.8 Å². The second-order valence-corrected chi connectivity index (χ2v) is 7.14. The molecule has 0 spiro atoms. The lowest BCUT2D eigenvalue weighted by molar-refractivity contribution is -0.384. The number of rotatable bonds is 7. The first kappa shape index (κ1) is 17.2. The van der Waals surface area contributed by atoms with Crippen molar-refractivity contribution < 1.29 is 10.0 Å². The molecule has 5 nitrogen and oxygen atoms in total. The maximum atomic E-state index is 10.9. The lowest BCUT2D eigenvalue weighted by atomic mass is 9.95. The maximum absolute atomic E-state index is 10.9. The fourth-order valence-corrected chi connectivity index (χ4v) is 4.02. The molecule has 2 N–H and O–H groups in total. The number of aliphatic hydroxyl groups is 1. The summed E-state index contributed by atoms with van der Waals surface area (Å²) >= 11 is 1.88. The standard InChI is InChI=1S/C16H24N2O3S/c1-2-4-15(13-5-3-6-14(11-13)18(20)21)17-12-16(19)7-9-22-10-8-16/h3,5-6,11,15,17,19H,2,4,7-10,12H2,1H3. The molecule has 0 aliphatic carbocycles. The molecule has 1 heterocycles. The Morgan fingerprint density at radius 3 is 2.82 bits per heavy atom. The van der Waals surface area contributed by atoms with E-state index in [2.05, 4.69) is 12.2 Å². The van der Waals surface area contributed by atoms with Crippen molar-refractivity contribution in [2.24, 2.45) is 0 Å². The summed E-state index contributed by atoms with van der Waals surface area (Å²) in [6.45, 7) is 2.64. The summed E-state index contributed by atoms with van der Waals surface area (Å²) in [5.41, 5.74) is 0.399. The van der Waals surface area contributed by atoms with Gasteiger partial charge in [-0.3, -0.25) is 10.1 Å². The van der Waals surface area contributed by atoms with Crippen molar-refractivity contribution >= 4 is 17.4 Å². The maximum Gasteiger partial charge on any atom is 0.269 e. The van der Waals surface area contributed by atoms with Crippen molar-refractivity contribution in [1.29, 1.82) is 0 Å². The monoisotopic (exact) mass is 324 g/mol. The van der Waals surface area contributed by atoms with E-state index in [0.29, 0.717) is 6.54 Å². The van der Waals surface area contributed by atoms with E-state index in [9.17, 15) is 15.2 Å². The molecule has 0 aromatic heterocycles. The Hall–Kier alpha value is -1.11. The normalized spacial score (nSPS) is 18.8. The van der Waals surface area contributed by atoms with Gasteiger partial charge in [0.2, 0.25) is 0 Å². The average Bonchev–Trinajstić information content (AvgIpc) is 2.52. The van der Waals surface area contributed by atoms with Crippen LogP contribution in [0.1, 0.15) is 44.2 Å². The minimum atomic E-state index is -0.641. The quantitative estimate of drug-likeness (QED) is 0.594. The molecule has 122 valence electrons. The third kappa shape index (κ3) is 4.69. The lowest BCUT2D eigenvalue weighted by Crippen LogP contribution is -2.44. The van der Waals surface area contributed by atoms with Crippen LogP contribution < -0.4 is 5.32 Å². The highest BCUT2D eigenvalue weighted by Crippen LogP contribution is 2.28. The molecule has 22 heavy (non-hydrogen) atoms. The van der Waals surface area contributed by atoms with Crippen molar-refractivity contribution in [3.05, 3.63) is 39.9 Å². The SMILES string of the molecule is CCCC(NCC1(O)CCSCC1)c1cccc([N+](=O)[O-])c1. The number of nitro groups is 1. The van der Waals surface area contributed by atoms with Gasteiger partial charge in [0.25, 0.3) is 5.69 Å². The van der Waals surface area contributed by atoms with Gasteiger partial charge < -0.3 is 10.4 Å². The first-order valence-corrected chi connectivity index (χ1v) is 8.97. The molecular weight excluding hydrogens is 300 g/mol. The minimum absolute atomic E-state index is 0.0449. The third-order valence-corrected chi connectivity index (χ3v) is 5.15. The second-order valence-electron chi connectivity index (χ2n) is 5.91. The molecule has 0 saturated carbocycles. The van der Waals surface area contributed by atoms with Gasteiger partial charge >= 0.3 is 0 Å². The molecule has 1 fully saturated rings. The topological polar surface area (TPSA) is 75.4 Å². The number of thioether (sulfide) groups is 1. The minimum Gasteiger partial charge on any atom is -0.389 e. The van der Waals surface area contributed by atoms with Crippen LogP contribution in [0.2, 0.25) is 0 Å². The summed E-state index contributed by atoms with van der Waals surface area (Å²) in [6.07, 6.45) is 3.48. The van der Waals surface area contributed by atoms with Crippen LogP contribution in [0.5, 0.6) is 0 Å². The summed E-state index contributed by atoms with van der Waals surface area (Å²) in [6, 6.07) is 6.83. The van der Waals surface area contributed by atoms with Crippen LogP contribution in [0.15, 0.2) is 24.3 Å². The van der Waals surface area contributed by atoms with E-state index < -0.39 is 5.60 Å². The number of nitrogens with one attached hydrogen (secondary N) is 1. The number of nitro benzene ring substituents is 1. The van der Waals surface area contributed by atoms with Crippen LogP contribution in [-0.2, 0) is 0 Å². The van der Waals surface area contributed by atoms with Gasteiger partial charge in [-0.1, -0.05) is 25.5 Å². The van der Waals surface area contributed by atoms with E-state index in [-0.39, 0.29) is 16.7 Å². The Balaban J connectivity index is 2.05. The fourth-order valence-electron chi connectivity index (χ4n) is 2.77. The zero-order valence-electron chi connectivity index (χ0n) is 13.0. The molecule has 1 aliphatic rings. The molecule has 1 saturated heterocycles. The summed E-state index contributed by atoms with van der Waals surface area (Å²) < 4.78 is 0. The molecule has 0 radical (unpaired) electrons. The largest absolute Gasteiger partial charge is 0.389 e. The van der Waals surface area contributed by atoms with E-state index in [1.807, 2.05) is 17.8 Å². The van der Waals surface area contributed by atoms with E-state index >= 15 is 0 Å². The van der Waals surface area contributed by atoms with Gasteiger partial charge in [0.1, 0.15) is 0 Å². The Bertz CT molecular complexity index is 504. The first-order chi connectivity index (χ1) is 10.5. The summed E-state index contributed by atoms with van der Waals surface area (Å²) in [4.78, 5) is 10.6. The van der Waals surface area contributed by atoms with Crippen molar-refractivity contribution in [3.8, 4) is 0 Å². The highest BCUT2D eigenvalue weighted by molar-refractivity contribution is 7.99. The Kier molecular flexibility index (Phi) is 6.23. The van der Waals surface area contributed by atoms with Gasteiger partial charge in [-0.15, -0.1) is 0 Å². The molecule has 0 bridgehead atoms. The van der Waals surface area contributed by atoms with Crippen LogP contribution in [-0.4, -0.2) is 33.7 Å². The van der Waals surface area contributed by atoms with Gasteiger partial charge in [-0.25, -0.2) is 0 Å². The van der Waals surface area contributed by atoms with Crippen LogP contribution in [0.4, 0.5) is 5.69 Å². The van der Waals surface area contributed by atoms with Gasteiger partial charge in [0.05, 0.1) is 10.5 Å². The first-order valence-electron chi connectivity index (χ1n) is 7.82. The molecule has 1 unspecified atom stereocenters. The van der Waals surface area contributed by atoms with Crippen molar-refractivity contribution in [1.82, 2.24) is 5.32 Å². The van der Waals surface area contributed by atoms with Crippen LogP contribution in [0, 0.1) is 10.1 Å². The van der Waals surface area contributed by atoms with Crippen LogP contribution in [0.3, 0.4) is 0 Å². The summed E-state index contributed by atoms with van der Waals surface area (Å²) in [5, 5.41) is 25.0. The second kappa shape index (κ2) is 7.94. The molecule has 0 amide bonds. The number of hydrogen-bond acceptors (Lipinski definition) is 5. The van der Waals surface area contributed by atoms with Crippen molar-refractivity contribution in [3.63, 3.8) is 0 Å². The van der Waals surface area contributed by atoms with E-state index in [1.54, 1.807) is 12.1 Å². The molecule has 2 rings (SSSR count). The number of hydrogen-bond donors (Lipinski definition) is 2. The van der Waals surface area contributed by atoms with E-state index in [0.717, 1.165) is 42.8 Å². The zero-order valence-corrected chi connectivity index (χ0v) is 13.8. The van der Waals surface area contributed by atoms with Gasteiger partial charge in [0, 0.05) is 24.7 Å². The summed E-state index contributed by atoms with van der Waals surface area (Å²) in [7, 11) is 0. The number of nitrogens with zero attached hydrogens (tertiary/aromatic N) is 1. The van der Waals surface area contributed by atoms with Gasteiger partial charge in [-0.2, -0.15) is 11.8 Å². The van der Waals surface area contributed by atoms with E-state index in [1.165, 1.54) is 6.07 Å². The molecule has 1 atom stereocenters. The molecular formula is C16H24N2O3S. The Morgan fingerprint density at radius 1 is 1.45 bits per heavy atom. The van der Waals surface area contributed by atoms with Crippen LogP contribution in [0.25, 0.3) is 0 Å². The molecule has 6 heteroatoms. The molecule has 1 aliphatic heterocycles. The zero-order chi connectivity index (χ0) is 16.0. The Labute approximate surface area is 135 Å². The average molecular weight is 324 g/mol. The molecule has 1 aromatic rings. The lowest BCUT2D eigenvalue weighted by Gasteiger charge is -2.33. The number of non-ortho nitro benzene ring substituents is 1. The van der Waals surface area contributed by atoms with Gasteiger partial charge in [-0.05, 0) is 36.3 Å². The fraction of sp³-hybridized carbons (Fsp3) is 0.625. The smallest absolute Gasteiger partial charge is 0.269 e. The number of benzene rings is 1. The summed E-state index contributed by atoms with van der Waals surface area (Å²) in [5.74, 6) is 1.99. The molecule has 1 aromatic carbocycles. The Morgan fingerprint density at radius 2 is 2.18 bits per heavy atom. The predicted octanol–water partition coefficient (Wildman–Crippen LogP) is 3.28. The highest BCUT2D eigenvalue weighted by Gasteiger charge is 2.30. The van der Waals surface area contributed by atoms with Crippen molar-refractivity contribution in [2.45, 2.75) is 44.2 Å². The third-order valence-electron chi connectivity index (χ3n) is 4.16. The van der Waals surface area contributed by atoms with Crippen molar-refractivity contribution in [2.75, 3.05) is 18.1 Å². The highest BCUT2D eigenvalue weighted by atomic mass is 32.2. The van der Waals surface area contributed by atoms with E-state index in [4.69, 9.17) is 0 Å². The predicted molar refractivity (Wildman–Crippen MR) is 90.3 cm³/mol. The van der Waals surface area contributed by atoms with Gasteiger partial charge in [0.15, 0.2) is 0 Å².